The molecule has 8 nitrogen and oxygen atoms in total. The smallest absolute Gasteiger partial charge is 0.490 e. The summed E-state index contributed by atoms with van der Waals surface area (Å²) in [5.74, 6) is -2.41. The SMILES string of the molecule is COc1ccc(NC(=O)N2CCc3ccc(OCCN(C(C)C)C(C)C)cc32)cc1C(F)(F)F.O=C(O)C(F)(F)F. The number of nitrogens with one attached hydrogen (secondary N) is 1. The molecule has 2 aromatic rings. The van der Waals surface area contributed by atoms with E-state index in [1.807, 2.05) is 18.2 Å². The van der Waals surface area contributed by atoms with E-state index in [-0.39, 0.29) is 11.4 Å². The number of urea groups is 1. The summed E-state index contributed by atoms with van der Waals surface area (Å²) < 4.78 is 82.4. The number of hydrogen-bond acceptors (Lipinski definition) is 5. The summed E-state index contributed by atoms with van der Waals surface area (Å²) >= 11 is 0. The lowest BCUT2D eigenvalue weighted by Gasteiger charge is -2.30. The fraction of sp³-hybridized carbons (Fsp3) is 0.481. The molecule has 0 saturated heterocycles. The van der Waals surface area contributed by atoms with Crippen molar-refractivity contribution in [3.8, 4) is 11.5 Å². The molecule has 228 valence electrons. The van der Waals surface area contributed by atoms with E-state index in [1.165, 1.54) is 24.1 Å². The Balaban J connectivity index is 0.000000745. The summed E-state index contributed by atoms with van der Waals surface area (Å²) in [7, 11) is 1.17. The van der Waals surface area contributed by atoms with Crippen molar-refractivity contribution in [3.05, 3.63) is 47.5 Å². The van der Waals surface area contributed by atoms with E-state index in [1.54, 1.807) is 0 Å². The van der Waals surface area contributed by atoms with Crippen molar-refractivity contribution in [3.63, 3.8) is 0 Å². The van der Waals surface area contributed by atoms with Crippen LogP contribution in [-0.4, -0.2) is 67.1 Å². The van der Waals surface area contributed by atoms with E-state index in [4.69, 9.17) is 19.4 Å². The topological polar surface area (TPSA) is 91.3 Å². The minimum absolute atomic E-state index is 0.0430. The van der Waals surface area contributed by atoms with Gasteiger partial charge in [-0.3, -0.25) is 9.80 Å². The molecule has 41 heavy (non-hydrogen) atoms. The van der Waals surface area contributed by atoms with Crippen molar-refractivity contribution < 1.29 is 50.5 Å². The molecule has 0 aromatic heterocycles. The van der Waals surface area contributed by atoms with Gasteiger partial charge in [-0.15, -0.1) is 0 Å². The Kier molecular flexibility index (Phi) is 11.3. The molecule has 14 heteroatoms. The van der Waals surface area contributed by atoms with Crippen LogP contribution in [0.4, 0.5) is 42.5 Å². The van der Waals surface area contributed by atoms with Gasteiger partial charge in [0.15, 0.2) is 0 Å². The molecule has 0 radical (unpaired) electrons. The number of fused-ring (bicyclic) bond motifs is 1. The van der Waals surface area contributed by atoms with Crippen LogP contribution >= 0.6 is 0 Å². The van der Waals surface area contributed by atoms with Crippen LogP contribution in [-0.2, 0) is 17.4 Å². The minimum atomic E-state index is -5.08. The third-order valence-corrected chi connectivity index (χ3v) is 6.14. The van der Waals surface area contributed by atoms with Gasteiger partial charge in [-0.2, -0.15) is 26.3 Å². The molecule has 0 aliphatic carbocycles. The third kappa shape index (κ3) is 9.44. The van der Waals surface area contributed by atoms with Gasteiger partial charge in [-0.25, -0.2) is 9.59 Å². The quantitative estimate of drug-likeness (QED) is 0.343. The second-order valence-electron chi connectivity index (χ2n) is 9.61. The summed E-state index contributed by atoms with van der Waals surface area (Å²) in [5.41, 5.74) is 0.784. The number of methoxy groups -OCH3 is 1. The standard InChI is InChI=1S/C25H32F3N3O3.C2HF3O2/c1-16(2)30(17(3)4)12-13-34-20-8-6-18-10-11-31(22(18)15-20)24(32)29-19-7-9-23(33-5)21(14-19)25(26,27)28;3-2(4,5)1(6)7/h6-9,14-17H,10-13H2,1-5H3,(H,29,32);(H,6,7). The van der Waals surface area contributed by atoms with Crippen LogP contribution in [0.25, 0.3) is 0 Å². The molecule has 1 aliphatic heterocycles. The van der Waals surface area contributed by atoms with Crippen LogP contribution < -0.4 is 19.7 Å². The molecule has 2 amide bonds. The number of halogens is 6. The van der Waals surface area contributed by atoms with Crippen LogP contribution in [0.15, 0.2) is 36.4 Å². The first-order valence-corrected chi connectivity index (χ1v) is 12.6. The first-order chi connectivity index (χ1) is 18.9. The van der Waals surface area contributed by atoms with Crippen LogP contribution in [0.5, 0.6) is 11.5 Å². The van der Waals surface area contributed by atoms with E-state index in [0.29, 0.717) is 43.1 Å². The van der Waals surface area contributed by atoms with Crippen LogP contribution in [0, 0.1) is 0 Å². The maximum atomic E-state index is 13.3. The summed E-state index contributed by atoms with van der Waals surface area (Å²) in [6.45, 7) is 10.3. The zero-order chi connectivity index (χ0) is 31.1. The molecule has 0 fully saturated rings. The Morgan fingerprint density at radius 1 is 1.02 bits per heavy atom. The maximum Gasteiger partial charge on any atom is 0.490 e. The van der Waals surface area contributed by atoms with Crippen molar-refractivity contribution in [1.82, 2.24) is 4.90 Å². The Bertz CT molecular complexity index is 1190. The van der Waals surface area contributed by atoms with Gasteiger partial charge < -0.3 is 19.9 Å². The highest BCUT2D eigenvalue weighted by atomic mass is 19.4. The Morgan fingerprint density at radius 3 is 2.15 bits per heavy atom. The molecule has 1 aliphatic rings. The van der Waals surface area contributed by atoms with Gasteiger partial charge in [-0.1, -0.05) is 6.07 Å². The zero-order valence-corrected chi connectivity index (χ0v) is 23.2. The summed E-state index contributed by atoms with van der Waals surface area (Å²) in [6.07, 6.45) is -9.02. The van der Waals surface area contributed by atoms with E-state index in [2.05, 4.69) is 37.9 Å². The summed E-state index contributed by atoms with van der Waals surface area (Å²) in [5, 5.41) is 9.70. The molecule has 2 N–H and O–H groups in total. The molecule has 0 atom stereocenters. The number of carbonyl (C=O) groups excluding carboxylic acids is 1. The lowest BCUT2D eigenvalue weighted by Crippen LogP contribution is -2.39. The molecule has 0 spiro atoms. The highest BCUT2D eigenvalue weighted by Gasteiger charge is 2.38. The van der Waals surface area contributed by atoms with Gasteiger partial charge in [0, 0.05) is 36.9 Å². The Hall–Kier alpha value is -3.68. The van der Waals surface area contributed by atoms with E-state index < -0.39 is 29.9 Å². The Labute approximate surface area is 233 Å². The van der Waals surface area contributed by atoms with Crippen molar-refractivity contribution in [2.24, 2.45) is 0 Å². The fourth-order valence-electron chi connectivity index (χ4n) is 4.24. The minimum Gasteiger partial charge on any atom is -0.496 e. The third-order valence-electron chi connectivity index (χ3n) is 6.14. The van der Waals surface area contributed by atoms with Gasteiger partial charge in [0.1, 0.15) is 18.1 Å². The molecule has 0 bridgehead atoms. The number of hydrogen-bond donors (Lipinski definition) is 2. The molecule has 2 aromatic carbocycles. The van der Waals surface area contributed by atoms with E-state index in [0.717, 1.165) is 18.2 Å². The molecule has 0 saturated carbocycles. The number of carboxylic acid groups (broad SMARTS) is 1. The van der Waals surface area contributed by atoms with E-state index >= 15 is 0 Å². The number of rotatable bonds is 8. The maximum absolute atomic E-state index is 13.3. The van der Waals surface area contributed by atoms with Gasteiger partial charge in [0.05, 0.1) is 18.4 Å². The fourth-order valence-corrected chi connectivity index (χ4v) is 4.24. The van der Waals surface area contributed by atoms with Gasteiger partial charge in [-0.05, 0) is 63.9 Å². The lowest BCUT2D eigenvalue weighted by molar-refractivity contribution is -0.192. The molecule has 0 unspecified atom stereocenters. The van der Waals surface area contributed by atoms with Crippen LogP contribution in [0.1, 0.15) is 38.8 Å². The summed E-state index contributed by atoms with van der Waals surface area (Å²) in [6, 6.07) is 9.38. The zero-order valence-electron chi connectivity index (χ0n) is 23.2. The highest BCUT2D eigenvalue weighted by Crippen LogP contribution is 2.38. The number of aliphatic carboxylic acids is 1. The Morgan fingerprint density at radius 2 is 1.63 bits per heavy atom. The second kappa shape index (κ2) is 13.8. The number of alkyl halides is 6. The van der Waals surface area contributed by atoms with Crippen molar-refractivity contribution in [2.75, 3.05) is 37.0 Å². The van der Waals surface area contributed by atoms with Gasteiger partial charge >= 0.3 is 24.4 Å². The average molecular weight is 594 g/mol. The van der Waals surface area contributed by atoms with Crippen molar-refractivity contribution in [2.45, 2.75) is 58.6 Å². The first-order valence-electron chi connectivity index (χ1n) is 12.6. The molecule has 3 rings (SSSR count). The largest absolute Gasteiger partial charge is 0.496 e. The number of amides is 2. The predicted molar refractivity (Wildman–Crippen MR) is 141 cm³/mol. The number of carbonyl (C=O) groups is 2. The number of anilines is 2. The van der Waals surface area contributed by atoms with Crippen LogP contribution in [0.3, 0.4) is 0 Å². The number of benzene rings is 2. The number of carboxylic acids is 1. The monoisotopic (exact) mass is 593 g/mol. The van der Waals surface area contributed by atoms with E-state index in [9.17, 15) is 31.1 Å². The normalized spacial score (nSPS) is 13.2. The number of ether oxygens (including phenoxy) is 2. The van der Waals surface area contributed by atoms with Crippen molar-refractivity contribution >= 4 is 23.4 Å². The van der Waals surface area contributed by atoms with Crippen LogP contribution in [0.2, 0.25) is 0 Å². The van der Waals surface area contributed by atoms with Gasteiger partial charge in [0.2, 0.25) is 0 Å². The lowest BCUT2D eigenvalue weighted by atomic mass is 10.1. The second-order valence-corrected chi connectivity index (χ2v) is 9.61. The number of nitrogens with zero attached hydrogens (tertiary/aromatic N) is 2. The first kappa shape index (κ1) is 33.5. The molecular formula is C27H33F6N3O5. The highest BCUT2D eigenvalue weighted by molar-refractivity contribution is 6.03. The van der Waals surface area contributed by atoms with Gasteiger partial charge in [0.25, 0.3) is 0 Å². The average Bonchev–Trinajstić information content (AvgIpc) is 3.29. The summed E-state index contributed by atoms with van der Waals surface area (Å²) in [4.78, 5) is 25.7. The van der Waals surface area contributed by atoms with Crippen molar-refractivity contribution in [1.29, 1.82) is 0 Å². The predicted octanol–water partition coefficient (Wildman–Crippen LogP) is 6.44. The molecular weight excluding hydrogens is 560 g/mol. The molecule has 1 heterocycles.